The minimum absolute atomic E-state index is 0.0803. The first-order valence-corrected chi connectivity index (χ1v) is 12.3. The lowest BCUT2D eigenvalue weighted by Gasteiger charge is -2.36. The fraction of sp³-hybridized carbons (Fsp3) is 0.269. The van der Waals surface area contributed by atoms with Crippen LogP contribution in [0, 0.1) is 0 Å². The molecule has 1 amide bonds. The number of hydrogen-bond acceptors (Lipinski definition) is 5. The predicted octanol–water partition coefficient (Wildman–Crippen LogP) is 4.87. The Morgan fingerprint density at radius 2 is 1.82 bits per heavy atom. The van der Waals surface area contributed by atoms with Crippen molar-refractivity contribution in [3.63, 3.8) is 0 Å². The number of ether oxygens (including phenoxy) is 1. The first-order valence-electron chi connectivity index (χ1n) is 11.2. The highest BCUT2D eigenvalue weighted by molar-refractivity contribution is 9.09. The van der Waals surface area contributed by atoms with E-state index < -0.39 is 0 Å². The number of alkyl halides is 1. The number of carbonyl (C=O) groups is 1. The molecule has 3 aromatic carbocycles. The number of para-hydroxylation sites is 1. The van der Waals surface area contributed by atoms with E-state index in [1.54, 1.807) is 6.26 Å². The molecule has 0 radical (unpaired) electrons. The number of hydrogen-bond donors (Lipinski definition) is 1. The van der Waals surface area contributed by atoms with Crippen LogP contribution in [0.1, 0.15) is 10.4 Å². The summed E-state index contributed by atoms with van der Waals surface area (Å²) in [7, 11) is 0. The maximum absolute atomic E-state index is 12.8. The van der Waals surface area contributed by atoms with Crippen LogP contribution in [0.5, 0.6) is 5.75 Å². The molecule has 2 heterocycles. The van der Waals surface area contributed by atoms with Crippen LogP contribution >= 0.6 is 15.9 Å². The van der Waals surface area contributed by atoms with Crippen LogP contribution < -0.4 is 15.0 Å². The van der Waals surface area contributed by atoms with E-state index in [-0.39, 0.29) is 5.91 Å². The number of nitrogens with zero attached hydrogens (tertiary/aromatic N) is 2. The van der Waals surface area contributed by atoms with Crippen LogP contribution in [0.15, 0.2) is 71.3 Å². The van der Waals surface area contributed by atoms with Gasteiger partial charge >= 0.3 is 0 Å². The SMILES string of the molecule is O=C(NCCN1CCN(c2cccc3ccoc23)CC1)c1cc(OCBr)c2ccccc2c1. The molecule has 0 atom stereocenters. The van der Waals surface area contributed by atoms with Gasteiger partial charge in [-0.15, -0.1) is 0 Å². The van der Waals surface area contributed by atoms with Crippen LogP contribution in [0.4, 0.5) is 5.69 Å². The van der Waals surface area contributed by atoms with E-state index in [1.807, 2.05) is 42.5 Å². The molecule has 1 saturated heterocycles. The number of fused-ring (bicyclic) bond motifs is 2. The number of nitrogens with one attached hydrogen (secondary N) is 1. The fourth-order valence-electron chi connectivity index (χ4n) is 4.45. The zero-order chi connectivity index (χ0) is 22.6. The molecule has 6 nitrogen and oxygen atoms in total. The average Bonchev–Trinajstić information content (AvgIpc) is 3.34. The van der Waals surface area contributed by atoms with Crippen molar-refractivity contribution in [2.24, 2.45) is 0 Å². The number of rotatable bonds is 7. The molecule has 5 rings (SSSR count). The van der Waals surface area contributed by atoms with Gasteiger partial charge < -0.3 is 19.4 Å². The third-order valence-corrected chi connectivity index (χ3v) is 6.41. The molecule has 1 aromatic heterocycles. The summed E-state index contributed by atoms with van der Waals surface area (Å²) in [6, 6.07) is 19.9. The van der Waals surface area contributed by atoms with Gasteiger partial charge in [0.2, 0.25) is 0 Å². The molecule has 0 unspecified atom stereocenters. The summed E-state index contributed by atoms with van der Waals surface area (Å²) in [6.07, 6.45) is 1.75. The van der Waals surface area contributed by atoms with Gasteiger partial charge in [0.25, 0.3) is 5.91 Å². The summed E-state index contributed by atoms with van der Waals surface area (Å²) < 4.78 is 11.4. The summed E-state index contributed by atoms with van der Waals surface area (Å²) in [5.41, 5.74) is 3.10. The van der Waals surface area contributed by atoms with Gasteiger partial charge in [0.1, 0.15) is 11.3 Å². The number of furan rings is 1. The van der Waals surface area contributed by atoms with Gasteiger partial charge in [-0.1, -0.05) is 36.4 Å². The normalized spacial score (nSPS) is 14.6. The topological polar surface area (TPSA) is 58.0 Å². The molecule has 0 saturated carbocycles. The molecule has 0 aliphatic carbocycles. The highest BCUT2D eigenvalue weighted by atomic mass is 79.9. The van der Waals surface area contributed by atoms with E-state index in [0.717, 1.165) is 60.2 Å². The molecule has 4 aromatic rings. The minimum Gasteiger partial charge on any atom is -0.482 e. The highest BCUT2D eigenvalue weighted by Crippen LogP contribution is 2.29. The van der Waals surface area contributed by atoms with E-state index >= 15 is 0 Å². The predicted molar refractivity (Wildman–Crippen MR) is 136 cm³/mol. The van der Waals surface area contributed by atoms with E-state index in [2.05, 4.69) is 49.2 Å². The lowest BCUT2D eigenvalue weighted by atomic mass is 10.1. The first kappa shape index (κ1) is 21.8. The largest absolute Gasteiger partial charge is 0.482 e. The molecule has 33 heavy (non-hydrogen) atoms. The van der Waals surface area contributed by atoms with Crippen molar-refractivity contribution in [2.75, 3.05) is 49.7 Å². The van der Waals surface area contributed by atoms with E-state index in [1.165, 1.54) is 0 Å². The lowest BCUT2D eigenvalue weighted by molar-refractivity contribution is 0.0947. The second-order valence-electron chi connectivity index (χ2n) is 8.15. The summed E-state index contributed by atoms with van der Waals surface area (Å²) in [5.74, 6) is 0.626. The second-order valence-corrected chi connectivity index (χ2v) is 8.61. The lowest BCUT2D eigenvalue weighted by Crippen LogP contribution is -2.48. The van der Waals surface area contributed by atoms with Gasteiger partial charge in [-0.05, 0) is 45.6 Å². The van der Waals surface area contributed by atoms with Crippen molar-refractivity contribution in [1.82, 2.24) is 10.2 Å². The van der Waals surface area contributed by atoms with Crippen LogP contribution in [0.2, 0.25) is 0 Å². The standard InChI is InChI=1S/C26H26BrN3O3/c27-18-33-24-17-21(16-20-4-1-2-6-22(20)24)26(31)28-9-10-29-11-13-30(14-12-29)23-7-3-5-19-8-15-32-25(19)23/h1-8,15-17H,9-14,18H2,(H,28,31). The average molecular weight is 508 g/mol. The Labute approximate surface area is 201 Å². The van der Waals surface area contributed by atoms with Gasteiger partial charge in [0.15, 0.2) is 5.58 Å². The van der Waals surface area contributed by atoms with Crippen molar-refractivity contribution >= 4 is 49.3 Å². The number of halogens is 1. The quantitative estimate of drug-likeness (QED) is 0.361. The summed E-state index contributed by atoms with van der Waals surface area (Å²) in [5, 5.41) is 6.19. The van der Waals surface area contributed by atoms with Crippen LogP contribution in [0.25, 0.3) is 21.7 Å². The zero-order valence-electron chi connectivity index (χ0n) is 18.3. The Kier molecular flexibility index (Phi) is 6.51. The van der Waals surface area contributed by atoms with Crippen LogP contribution in [-0.4, -0.2) is 55.6 Å². The number of benzene rings is 3. The molecule has 1 fully saturated rings. The second kappa shape index (κ2) is 9.85. The van der Waals surface area contributed by atoms with Crippen LogP contribution in [0.3, 0.4) is 0 Å². The summed E-state index contributed by atoms with van der Waals surface area (Å²) in [6.45, 7) is 5.20. The minimum atomic E-state index is -0.0803. The molecular weight excluding hydrogens is 482 g/mol. The zero-order valence-corrected chi connectivity index (χ0v) is 19.9. The smallest absolute Gasteiger partial charge is 0.251 e. The Hall–Kier alpha value is -3.03. The maximum atomic E-state index is 12.8. The number of amides is 1. The van der Waals surface area contributed by atoms with E-state index in [4.69, 9.17) is 9.15 Å². The first-order chi connectivity index (χ1) is 16.2. The number of carbonyl (C=O) groups excluding carboxylic acids is 1. The van der Waals surface area contributed by atoms with Gasteiger partial charge in [-0.25, -0.2) is 0 Å². The van der Waals surface area contributed by atoms with Gasteiger partial charge in [-0.3, -0.25) is 9.69 Å². The molecule has 1 N–H and O–H groups in total. The van der Waals surface area contributed by atoms with Gasteiger partial charge in [-0.2, -0.15) is 0 Å². The van der Waals surface area contributed by atoms with Gasteiger partial charge in [0.05, 0.1) is 12.0 Å². The van der Waals surface area contributed by atoms with Crippen molar-refractivity contribution < 1.29 is 13.9 Å². The Bertz CT molecular complexity index is 1260. The molecule has 170 valence electrons. The Morgan fingerprint density at radius 3 is 2.67 bits per heavy atom. The third kappa shape index (κ3) is 4.70. The molecule has 1 aliphatic rings. The van der Waals surface area contributed by atoms with E-state index in [0.29, 0.717) is 23.4 Å². The van der Waals surface area contributed by atoms with Crippen molar-refractivity contribution in [3.05, 3.63) is 72.5 Å². The van der Waals surface area contributed by atoms with Crippen LogP contribution in [-0.2, 0) is 0 Å². The van der Waals surface area contributed by atoms with Crippen molar-refractivity contribution in [2.45, 2.75) is 0 Å². The van der Waals surface area contributed by atoms with Gasteiger partial charge in [0, 0.05) is 55.6 Å². The Morgan fingerprint density at radius 1 is 1.00 bits per heavy atom. The fourth-order valence-corrected chi connectivity index (χ4v) is 4.70. The molecule has 0 bridgehead atoms. The number of anilines is 1. The highest BCUT2D eigenvalue weighted by Gasteiger charge is 2.20. The third-order valence-electron chi connectivity index (χ3n) is 6.18. The monoisotopic (exact) mass is 507 g/mol. The summed E-state index contributed by atoms with van der Waals surface area (Å²) in [4.78, 5) is 17.6. The maximum Gasteiger partial charge on any atom is 0.251 e. The molecular formula is C26H26BrN3O3. The number of piperazine rings is 1. The molecule has 7 heteroatoms. The molecule has 0 spiro atoms. The summed E-state index contributed by atoms with van der Waals surface area (Å²) >= 11 is 3.31. The van der Waals surface area contributed by atoms with E-state index in [9.17, 15) is 4.79 Å². The van der Waals surface area contributed by atoms with Crippen molar-refractivity contribution in [3.8, 4) is 5.75 Å². The Balaban J connectivity index is 1.16. The van der Waals surface area contributed by atoms with Crippen molar-refractivity contribution in [1.29, 1.82) is 0 Å². The molecule has 1 aliphatic heterocycles.